The molecule has 2 rings (SSSR count). The minimum atomic E-state index is -0.364. The maximum absolute atomic E-state index is 11.6. The molecule has 0 aliphatic carbocycles. The number of hydrogen-bond acceptors (Lipinski definition) is 4. The third kappa shape index (κ3) is 2.02. The second-order valence-electron chi connectivity index (χ2n) is 3.82. The number of nitrogens with zero attached hydrogens (tertiary/aromatic N) is 3. The lowest BCUT2D eigenvalue weighted by Gasteiger charge is -2.15. The molecular formula is C11H12N4O. The van der Waals surface area contributed by atoms with Crippen LogP contribution in [-0.2, 0) is 11.3 Å². The third-order valence-electron chi connectivity index (χ3n) is 2.65. The van der Waals surface area contributed by atoms with Crippen molar-refractivity contribution >= 4 is 5.91 Å². The second kappa shape index (κ2) is 4.29. The summed E-state index contributed by atoms with van der Waals surface area (Å²) in [4.78, 5) is 17.2. The molecule has 1 saturated heterocycles. The number of carbonyl (C=O) groups excluding carboxylic acids is 1. The SMILES string of the molecule is N#Cc1cc(CN2CC[C@H](N)C2=O)ccn1. The predicted molar refractivity (Wildman–Crippen MR) is 57.0 cm³/mol. The van der Waals surface area contributed by atoms with Crippen molar-refractivity contribution in [2.24, 2.45) is 5.73 Å². The molecule has 16 heavy (non-hydrogen) atoms. The third-order valence-corrected chi connectivity index (χ3v) is 2.65. The molecule has 5 heteroatoms. The van der Waals surface area contributed by atoms with Crippen LogP contribution in [0.25, 0.3) is 0 Å². The Kier molecular flexibility index (Phi) is 2.84. The monoisotopic (exact) mass is 216 g/mol. The van der Waals surface area contributed by atoms with E-state index in [-0.39, 0.29) is 11.9 Å². The summed E-state index contributed by atoms with van der Waals surface area (Å²) in [6, 6.07) is 5.10. The van der Waals surface area contributed by atoms with Gasteiger partial charge in [-0.1, -0.05) is 0 Å². The molecule has 0 bridgehead atoms. The van der Waals surface area contributed by atoms with Crippen molar-refractivity contribution < 1.29 is 4.79 Å². The fourth-order valence-corrected chi connectivity index (χ4v) is 1.77. The Morgan fingerprint density at radius 3 is 3.12 bits per heavy atom. The van der Waals surface area contributed by atoms with Crippen LogP contribution in [0.4, 0.5) is 0 Å². The van der Waals surface area contributed by atoms with E-state index in [9.17, 15) is 4.79 Å². The molecule has 1 aliphatic rings. The van der Waals surface area contributed by atoms with Gasteiger partial charge in [0.15, 0.2) is 0 Å². The zero-order chi connectivity index (χ0) is 11.5. The fourth-order valence-electron chi connectivity index (χ4n) is 1.77. The molecule has 82 valence electrons. The molecule has 0 unspecified atom stereocenters. The molecule has 0 spiro atoms. The highest BCUT2D eigenvalue weighted by Crippen LogP contribution is 2.13. The topological polar surface area (TPSA) is 83.0 Å². The Hall–Kier alpha value is -1.93. The summed E-state index contributed by atoms with van der Waals surface area (Å²) in [5, 5.41) is 8.70. The van der Waals surface area contributed by atoms with Crippen LogP contribution in [0.5, 0.6) is 0 Å². The van der Waals surface area contributed by atoms with Gasteiger partial charge in [-0.15, -0.1) is 0 Å². The quantitative estimate of drug-likeness (QED) is 0.755. The van der Waals surface area contributed by atoms with Gasteiger partial charge in [-0.05, 0) is 24.1 Å². The van der Waals surface area contributed by atoms with Gasteiger partial charge in [-0.2, -0.15) is 5.26 Å². The number of pyridine rings is 1. The summed E-state index contributed by atoms with van der Waals surface area (Å²) in [5.74, 6) is -0.0182. The van der Waals surface area contributed by atoms with Crippen molar-refractivity contribution in [2.75, 3.05) is 6.54 Å². The molecule has 0 saturated carbocycles. The summed E-state index contributed by atoms with van der Waals surface area (Å²) in [6.45, 7) is 1.19. The van der Waals surface area contributed by atoms with Crippen molar-refractivity contribution in [1.82, 2.24) is 9.88 Å². The summed E-state index contributed by atoms with van der Waals surface area (Å²) in [6.07, 6.45) is 2.28. The zero-order valence-corrected chi connectivity index (χ0v) is 8.76. The number of aromatic nitrogens is 1. The zero-order valence-electron chi connectivity index (χ0n) is 8.76. The minimum Gasteiger partial charge on any atom is -0.337 e. The van der Waals surface area contributed by atoms with Crippen molar-refractivity contribution in [3.05, 3.63) is 29.6 Å². The molecule has 1 aromatic heterocycles. The van der Waals surface area contributed by atoms with Gasteiger partial charge in [0.2, 0.25) is 5.91 Å². The molecule has 0 radical (unpaired) electrons. The smallest absolute Gasteiger partial charge is 0.239 e. The van der Waals surface area contributed by atoms with E-state index < -0.39 is 0 Å². The number of hydrogen-bond donors (Lipinski definition) is 1. The number of likely N-dealkylation sites (tertiary alicyclic amines) is 1. The van der Waals surface area contributed by atoms with Gasteiger partial charge in [0.25, 0.3) is 0 Å². The Labute approximate surface area is 93.5 Å². The van der Waals surface area contributed by atoms with Crippen LogP contribution in [0.1, 0.15) is 17.7 Å². The van der Waals surface area contributed by atoms with E-state index in [1.807, 2.05) is 6.07 Å². The predicted octanol–water partition coefficient (Wildman–Crippen LogP) is 0.0129. The largest absolute Gasteiger partial charge is 0.337 e. The van der Waals surface area contributed by atoms with Crippen LogP contribution in [-0.4, -0.2) is 28.4 Å². The molecule has 1 atom stereocenters. The lowest BCUT2D eigenvalue weighted by molar-refractivity contribution is -0.129. The maximum atomic E-state index is 11.6. The van der Waals surface area contributed by atoms with Gasteiger partial charge in [0, 0.05) is 19.3 Å². The average molecular weight is 216 g/mol. The van der Waals surface area contributed by atoms with Crippen molar-refractivity contribution in [3.63, 3.8) is 0 Å². The molecule has 5 nitrogen and oxygen atoms in total. The lowest BCUT2D eigenvalue weighted by Crippen LogP contribution is -2.33. The van der Waals surface area contributed by atoms with E-state index in [0.717, 1.165) is 5.56 Å². The Morgan fingerprint density at radius 2 is 2.50 bits per heavy atom. The number of amides is 1. The van der Waals surface area contributed by atoms with Gasteiger partial charge >= 0.3 is 0 Å². The number of nitrogens with two attached hydrogens (primary N) is 1. The Balaban J connectivity index is 2.10. The van der Waals surface area contributed by atoms with Crippen LogP contribution < -0.4 is 5.73 Å². The van der Waals surface area contributed by atoms with E-state index in [1.54, 1.807) is 23.2 Å². The van der Waals surface area contributed by atoms with Crippen LogP contribution in [0.3, 0.4) is 0 Å². The van der Waals surface area contributed by atoms with Gasteiger partial charge < -0.3 is 10.6 Å². The highest BCUT2D eigenvalue weighted by Gasteiger charge is 2.28. The van der Waals surface area contributed by atoms with Gasteiger partial charge in [0.05, 0.1) is 6.04 Å². The van der Waals surface area contributed by atoms with Crippen LogP contribution in [0.2, 0.25) is 0 Å². The highest BCUT2D eigenvalue weighted by atomic mass is 16.2. The Morgan fingerprint density at radius 1 is 1.69 bits per heavy atom. The van der Waals surface area contributed by atoms with Crippen molar-refractivity contribution in [2.45, 2.75) is 19.0 Å². The molecule has 1 aliphatic heterocycles. The van der Waals surface area contributed by atoms with Crippen molar-refractivity contribution in [3.8, 4) is 6.07 Å². The average Bonchev–Trinajstić information content (AvgIpc) is 2.61. The van der Waals surface area contributed by atoms with E-state index >= 15 is 0 Å². The lowest BCUT2D eigenvalue weighted by atomic mass is 10.2. The molecule has 2 N–H and O–H groups in total. The van der Waals surface area contributed by atoms with E-state index in [1.165, 1.54) is 0 Å². The molecule has 1 amide bonds. The van der Waals surface area contributed by atoms with Gasteiger partial charge in [0.1, 0.15) is 11.8 Å². The summed E-state index contributed by atoms with van der Waals surface area (Å²) in [5.41, 5.74) is 6.90. The molecule has 0 aromatic carbocycles. The number of rotatable bonds is 2. The van der Waals surface area contributed by atoms with Crippen LogP contribution in [0.15, 0.2) is 18.3 Å². The first-order valence-corrected chi connectivity index (χ1v) is 5.10. The van der Waals surface area contributed by atoms with Gasteiger partial charge in [-0.3, -0.25) is 4.79 Å². The number of carbonyl (C=O) groups is 1. The van der Waals surface area contributed by atoms with E-state index in [0.29, 0.717) is 25.2 Å². The van der Waals surface area contributed by atoms with Crippen LogP contribution >= 0.6 is 0 Å². The molecular weight excluding hydrogens is 204 g/mol. The molecule has 1 fully saturated rings. The normalized spacial score (nSPS) is 19.9. The maximum Gasteiger partial charge on any atom is 0.239 e. The highest BCUT2D eigenvalue weighted by molar-refractivity contribution is 5.83. The minimum absolute atomic E-state index is 0.0182. The summed E-state index contributed by atoms with van der Waals surface area (Å²) >= 11 is 0. The first kappa shape index (κ1) is 10.6. The second-order valence-corrected chi connectivity index (χ2v) is 3.82. The molecule has 2 heterocycles. The summed E-state index contributed by atoms with van der Waals surface area (Å²) < 4.78 is 0. The summed E-state index contributed by atoms with van der Waals surface area (Å²) in [7, 11) is 0. The van der Waals surface area contributed by atoms with E-state index in [2.05, 4.69) is 4.98 Å². The molecule has 1 aromatic rings. The standard InChI is InChI=1S/C11H12N4O/c12-6-9-5-8(1-3-14-9)7-15-4-2-10(13)11(15)16/h1,3,5,10H,2,4,7,13H2/t10-/m0/s1. The van der Waals surface area contributed by atoms with Crippen LogP contribution in [0, 0.1) is 11.3 Å². The Bertz CT molecular complexity index is 452. The fraction of sp³-hybridized carbons (Fsp3) is 0.364. The first-order chi connectivity index (χ1) is 7.70. The van der Waals surface area contributed by atoms with Gasteiger partial charge in [-0.25, -0.2) is 4.98 Å². The number of nitriles is 1. The first-order valence-electron chi connectivity index (χ1n) is 5.10. The van der Waals surface area contributed by atoms with E-state index in [4.69, 9.17) is 11.0 Å². The van der Waals surface area contributed by atoms with Crippen molar-refractivity contribution in [1.29, 1.82) is 5.26 Å².